The molecule has 104 valence electrons. The van der Waals surface area contributed by atoms with E-state index in [0.29, 0.717) is 12.2 Å². The highest BCUT2D eigenvalue weighted by Gasteiger charge is 2.17. The van der Waals surface area contributed by atoms with E-state index in [1.54, 1.807) is 0 Å². The molecule has 0 aliphatic heterocycles. The number of hydrogen-bond acceptors (Lipinski definition) is 5. The Hall–Kier alpha value is -0.930. The number of sulfone groups is 1. The van der Waals surface area contributed by atoms with E-state index in [0.717, 1.165) is 0 Å². The number of H-pyrrole nitrogens is 1. The molecule has 0 bridgehead atoms. The quantitative estimate of drug-likeness (QED) is 0.717. The minimum atomic E-state index is -3.71. The Kier molecular flexibility index (Phi) is 4.88. The lowest BCUT2D eigenvalue weighted by atomic mass is 10.5. The van der Waals surface area contributed by atoms with Crippen LogP contribution >= 0.6 is 0 Å². The molecule has 0 unspecified atom stereocenters. The lowest BCUT2D eigenvalue weighted by Gasteiger charge is -2.04. The molecular weight excluding hydrogens is 278 g/mol. The SMILES string of the molecule is CCc1ncc(S(=O)(=O)NCCS(=O)(=O)CC)[nH]1. The monoisotopic (exact) mass is 295 g/mol. The van der Waals surface area contributed by atoms with Crippen LogP contribution in [0.1, 0.15) is 19.7 Å². The first kappa shape index (κ1) is 15.1. The highest BCUT2D eigenvalue weighted by molar-refractivity contribution is 7.91. The van der Waals surface area contributed by atoms with Gasteiger partial charge < -0.3 is 4.98 Å². The molecule has 1 aromatic heterocycles. The third kappa shape index (κ3) is 4.07. The Morgan fingerprint density at radius 2 is 1.94 bits per heavy atom. The Morgan fingerprint density at radius 1 is 1.28 bits per heavy atom. The summed E-state index contributed by atoms with van der Waals surface area (Å²) in [5, 5.41) is -0.0479. The van der Waals surface area contributed by atoms with Gasteiger partial charge in [0.15, 0.2) is 14.9 Å². The molecule has 2 N–H and O–H groups in total. The fraction of sp³-hybridized carbons (Fsp3) is 0.667. The van der Waals surface area contributed by atoms with Crippen molar-refractivity contribution in [1.29, 1.82) is 0 Å². The van der Waals surface area contributed by atoms with E-state index < -0.39 is 19.9 Å². The van der Waals surface area contributed by atoms with E-state index in [4.69, 9.17) is 0 Å². The van der Waals surface area contributed by atoms with E-state index in [9.17, 15) is 16.8 Å². The van der Waals surface area contributed by atoms with Crippen LogP contribution in [0.2, 0.25) is 0 Å². The zero-order valence-electron chi connectivity index (χ0n) is 10.3. The fourth-order valence-corrected chi connectivity index (χ4v) is 3.01. The molecule has 9 heteroatoms. The number of nitrogens with zero attached hydrogens (tertiary/aromatic N) is 1. The molecule has 0 radical (unpaired) electrons. The number of hydrogen-bond donors (Lipinski definition) is 2. The zero-order chi connectivity index (χ0) is 13.8. The number of aromatic nitrogens is 2. The van der Waals surface area contributed by atoms with Gasteiger partial charge in [-0.15, -0.1) is 0 Å². The summed E-state index contributed by atoms with van der Waals surface area (Å²) in [6, 6.07) is 0. The molecule has 1 aromatic rings. The van der Waals surface area contributed by atoms with E-state index >= 15 is 0 Å². The number of imidazole rings is 1. The third-order valence-electron chi connectivity index (χ3n) is 2.37. The van der Waals surface area contributed by atoms with Crippen LogP contribution in [0.3, 0.4) is 0 Å². The second-order valence-electron chi connectivity index (χ2n) is 3.68. The van der Waals surface area contributed by atoms with Gasteiger partial charge in [0.1, 0.15) is 5.82 Å². The van der Waals surface area contributed by atoms with Crippen LogP contribution in [0.4, 0.5) is 0 Å². The summed E-state index contributed by atoms with van der Waals surface area (Å²) in [7, 11) is -6.89. The van der Waals surface area contributed by atoms with Gasteiger partial charge in [0.05, 0.1) is 11.9 Å². The van der Waals surface area contributed by atoms with Crippen molar-refractivity contribution in [3.8, 4) is 0 Å². The van der Waals surface area contributed by atoms with Gasteiger partial charge in [0, 0.05) is 18.7 Å². The standard InChI is InChI=1S/C9H17N3O4S2/c1-3-8-10-7-9(12-8)18(15,16)11-5-6-17(13,14)4-2/h7,11H,3-6H2,1-2H3,(H,10,12). The molecule has 0 saturated heterocycles. The first-order valence-electron chi connectivity index (χ1n) is 5.54. The normalized spacial score (nSPS) is 12.8. The van der Waals surface area contributed by atoms with E-state index in [-0.39, 0.29) is 23.1 Å². The Labute approximate surface area is 107 Å². The average Bonchev–Trinajstić information content (AvgIpc) is 2.77. The Morgan fingerprint density at radius 3 is 2.44 bits per heavy atom. The van der Waals surface area contributed by atoms with Gasteiger partial charge in [-0.05, 0) is 0 Å². The van der Waals surface area contributed by atoms with Crippen LogP contribution in [0.5, 0.6) is 0 Å². The minimum absolute atomic E-state index is 0.00122. The second kappa shape index (κ2) is 5.81. The molecule has 1 heterocycles. The first-order valence-corrected chi connectivity index (χ1v) is 8.85. The average molecular weight is 295 g/mol. The van der Waals surface area contributed by atoms with Crippen molar-refractivity contribution in [2.75, 3.05) is 18.1 Å². The maximum atomic E-state index is 11.8. The molecule has 7 nitrogen and oxygen atoms in total. The van der Waals surface area contributed by atoms with Crippen molar-refractivity contribution in [2.45, 2.75) is 25.3 Å². The number of aryl methyl sites for hydroxylation is 1. The molecule has 0 spiro atoms. The molecule has 0 saturated carbocycles. The minimum Gasteiger partial charge on any atom is -0.332 e. The molecule has 1 rings (SSSR count). The highest BCUT2D eigenvalue weighted by Crippen LogP contribution is 2.05. The van der Waals surface area contributed by atoms with Crippen LogP contribution in [-0.2, 0) is 26.3 Å². The van der Waals surface area contributed by atoms with Crippen molar-refractivity contribution < 1.29 is 16.8 Å². The molecule has 0 fully saturated rings. The summed E-state index contributed by atoms with van der Waals surface area (Å²) in [5.74, 6) is 0.354. The van der Waals surface area contributed by atoms with E-state index in [1.807, 2.05) is 6.92 Å². The number of sulfonamides is 1. The molecule has 0 aliphatic rings. The fourth-order valence-electron chi connectivity index (χ4n) is 1.21. The predicted octanol–water partition coefficient (Wildman–Crippen LogP) is -0.315. The van der Waals surface area contributed by atoms with Gasteiger partial charge in [0.25, 0.3) is 10.0 Å². The molecule has 0 atom stereocenters. The van der Waals surface area contributed by atoms with Gasteiger partial charge in [-0.3, -0.25) is 0 Å². The van der Waals surface area contributed by atoms with Crippen molar-refractivity contribution >= 4 is 19.9 Å². The summed E-state index contributed by atoms with van der Waals surface area (Å²) >= 11 is 0. The zero-order valence-corrected chi connectivity index (χ0v) is 11.9. The Bertz CT molecular complexity index is 589. The van der Waals surface area contributed by atoms with Gasteiger partial charge >= 0.3 is 0 Å². The molecule has 0 amide bonds. The van der Waals surface area contributed by atoms with Gasteiger partial charge in [-0.25, -0.2) is 26.5 Å². The van der Waals surface area contributed by atoms with Gasteiger partial charge in [0.2, 0.25) is 0 Å². The summed E-state index contributed by atoms with van der Waals surface area (Å²) in [4.78, 5) is 6.53. The van der Waals surface area contributed by atoms with Gasteiger partial charge in [-0.2, -0.15) is 0 Å². The number of aromatic amines is 1. The summed E-state index contributed by atoms with van der Waals surface area (Å²) in [5.41, 5.74) is 0. The predicted molar refractivity (Wildman–Crippen MR) is 67.5 cm³/mol. The van der Waals surface area contributed by atoms with Crippen LogP contribution < -0.4 is 4.72 Å². The van der Waals surface area contributed by atoms with E-state index in [2.05, 4.69) is 14.7 Å². The lowest BCUT2D eigenvalue weighted by Crippen LogP contribution is -2.30. The number of nitrogens with one attached hydrogen (secondary N) is 2. The maximum Gasteiger partial charge on any atom is 0.257 e. The molecule has 18 heavy (non-hydrogen) atoms. The van der Waals surface area contributed by atoms with Crippen LogP contribution in [0.25, 0.3) is 0 Å². The largest absolute Gasteiger partial charge is 0.332 e. The van der Waals surface area contributed by atoms with Crippen molar-refractivity contribution in [1.82, 2.24) is 14.7 Å². The van der Waals surface area contributed by atoms with Crippen LogP contribution in [0, 0.1) is 0 Å². The smallest absolute Gasteiger partial charge is 0.257 e. The molecule has 0 aliphatic carbocycles. The maximum absolute atomic E-state index is 11.8. The van der Waals surface area contributed by atoms with Crippen molar-refractivity contribution in [3.63, 3.8) is 0 Å². The first-order chi connectivity index (χ1) is 8.30. The summed E-state index contributed by atoms with van der Waals surface area (Å²) < 4.78 is 48.2. The molecule has 0 aromatic carbocycles. The van der Waals surface area contributed by atoms with E-state index in [1.165, 1.54) is 13.1 Å². The number of rotatable bonds is 7. The van der Waals surface area contributed by atoms with Crippen molar-refractivity contribution in [3.05, 3.63) is 12.0 Å². The van der Waals surface area contributed by atoms with Crippen LogP contribution in [-0.4, -0.2) is 44.9 Å². The van der Waals surface area contributed by atoms with Crippen LogP contribution in [0.15, 0.2) is 11.2 Å². The Balaban J connectivity index is 2.66. The van der Waals surface area contributed by atoms with Crippen molar-refractivity contribution in [2.24, 2.45) is 0 Å². The topological polar surface area (TPSA) is 109 Å². The van der Waals surface area contributed by atoms with Gasteiger partial charge in [-0.1, -0.05) is 13.8 Å². The lowest BCUT2D eigenvalue weighted by molar-refractivity contribution is 0.578. The third-order valence-corrected chi connectivity index (χ3v) is 5.45. The second-order valence-corrected chi connectivity index (χ2v) is 7.89. The molecular formula is C9H17N3O4S2. The highest BCUT2D eigenvalue weighted by atomic mass is 32.2. The summed E-state index contributed by atoms with van der Waals surface area (Å²) in [6.45, 7) is 3.22. The summed E-state index contributed by atoms with van der Waals surface area (Å²) in [6.07, 6.45) is 1.81.